The molecule has 1 atom stereocenters. The average Bonchev–Trinajstić information content (AvgIpc) is 2.68. The monoisotopic (exact) mass is 372 g/mol. The van der Waals surface area contributed by atoms with Crippen LogP contribution in [0, 0.1) is 0 Å². The van der Waals surface area contributed by atoms with Crippen molar-refractivity contribution in [3.05, 3.63) is 54.1 Å². The van der Waals surface area contributed by atoms with Gasteiger partial charge in [-0.25, -0.2) is 5.43 Å². The highest BCUT2D eigenvalue weighted by atomic mass is 32.2. The van der Waals surface area contributed by atoms with E-state index in [0.29, 0.717) is 17.9 Å². The van der Waals surface area contributed by atoms with E-state index in [1.807, 2.05) is 62.4 Å². The molecule has 1 N–H and O–H groups in total. The van der Waals surface area contributed by atoms with Gasteiger partial charge in [-0.3, -0.25) is 4.79 Å². The van der Waals surface area contributed by atoms with Gasteiger partial charge in [-0.1, -0.05) is 25.1 Å². The third-order valence-electron chi connectivity index (χ3n) is 3.78. The van der Waals surface area contributed by atoms with E-state index in [9.17, 15) is 4.79 Å². The summed E-state index contributed by atoms with van der Waals surface area (Å²) in [7, 11) is 3.19. The Morgan fingerprint density at radius 2 is 1.81 bits per heavy atom. The van der Waals surface area contributed by atoms with Crippen molar-refractivity contribution in [2.75, 3.05) is 14.2 Å². The van der Waals surface area contributed by atoms with Crippen LogP contribution < -0.4 is 14.9 Å². The maximum Gasteiger partial charge on any atom is 0.253 e. The Morgan fingerprint density at radius 1 is 1.12 bits per heavy atom. The fourth-order valence-corrected chi connectivity index (χ4v) is 3.22. The van der Waals surface area contributed by atoms with Gasteiger partial charge in [-0.15, -0.1) is 11.8 Å². The fraction of sp³-hybridized carbons (Fsp3) is 0.300. The molecule has 0 aliphatic rings. The van der Waals surface area contributed by atoms with E-state index in [1.54, 1.807) is 14.2 Å². The van der Waals surface area contributed by atoms with Crippen LogP contribution in [0.2, 0.25) is 0 Å². The summed E-state index contributed by atoms with van der Waals surface area (Å²) in [5.74, 6) is 1.15. The predicted molar refractivity (Wildman–Crippen MR) is 106 cm³/mol. The molecule has 6 heteroatoms. The van der Waals surface area contributed by atoms with Crippen molar-refractivity contribution in [3.63, 3.8) is 0 Å². The van der Waals surface area contributed by atoms with Gasteiger partial charge in [0, 0.05) is 10.5 Å². The van der Waals surface area contributed by atoms with Crippen molar-refractivity contribution in [2.24, 2.45) is 5.10 Å². The highest BCUT2D eigenvalue weighted by Crippen LogP contribution is 2.28. The van der Waals surface area contributed by atoms with Crippen molar-refractivity contribution < 1.29 is 14.3 Å². The second kappa shape index (κ2) is 9.87. The number of amides is 1. The van der Waals surface area contributed by atoms with Gasteiger partial charge in [-0.2, -0.15) is 5.10 Å². The zero-order chi connectivity index (χ0) is 18.9. The number of nitrogens with zero attached hydrogens (tertiary/aromatic N) is 1. The Kier molecular flexibility index (Phi) is 7.53. The summed E-state index contributed by atoms with van der Waals surface area (Å²) in [6.45, 7) is 3.86. The standard InChI is InChI=1S/C20H24N2O3S/c1-5-17(15-11-12-18(24-3)19(13-15)25-4)21-22-20(23)14(2)26-16-9-7-6-8-10-16/h6-14H,5H2,1-4H3,(H,22,23)/b21-17+. The number of benzene rings is 2. The van der Waals surface area contributed by atoms with E-state index < -0.39 is 0 Å². The first kappa shape index (κ1) is 19.8. The van der Waals surface area contributed by atoms with Gasteiger partial charge in [0.2, 0.25) is 0 Å². The molecule has 138 valence electrons. The number of rotatable bonds is 8. The van der Waals surface area contributed by atoms with Crippen molar-refractivity contribution >= 4 is 23.4 Å². The Bertz CT molecular complexity index is 763. The number of hydrazone groups is 1. The summed E-state index contributed by atoms with van der Waals surface area (Å²) < 4.78 is 10.6. The lowest BCUT2D eigenvalue weighted by Crippen LogP contribution is -2.28. The van der Waals surface area contributed by atoms with Gasteiger partial charge < -0.3 is 9.47 Å². The molecule has 0 spiro atoms. The topological polar surface area (TPSA) is 59.9 Å². The van der Waals surface area contributed by atoms with Crippen LogP contribution in [-0.2, 0) is 4.79 Å². The Balaban J connectivity index is 2.07. The summed E-state index contributed by atoms with van der Waals surface area (Å²) in [5, 5.41) is 4.07. The maximum absolute atomic E-state index is 12.3. The molecule has 0 saturated heterocycles. The molecule has 0 bridgehead atoms. The van der Waals surface area contributed by atoms with Crippen LogP contribution in [0.25, 0.3) is 0 Å². The van der Waals surface area contributed by atoms with Crippen molar-refractivity contribution in [1.29, 1.82) is 0 Å². The predicted octanol–water partition coefficient (Wildman–Crippen LogP) is 4.11. The molecular formula is C20H24N2O3S. The van der Waals surface area contributed by atoms with Gasteiger partial charge in [0.15, 0.2) is 11.5 Å². The Hall–Kier alpha value is -2.47. The molecule has 0 fully saturated rings. The molecule has 2 aromatic carbocycles. The van der Waals surface area contributed by atoms with E-state index >= 15 is 0 Å². The third kappa shape index (κ3) is 5.26. The molecule has 0 saturated carbocycles. The number of thioether (sulfide) groups is 1. The molecular weight excluding hydrogens is 348 g/mol. The minimum absolute atomic E-state index is 0.134. The van der Waals surface area contributed by atoms with E-state index in [4.69, 9.17) is 9.47 Å². The molecule has 0 aliphatic heterocycles. The smallest absolute Gasteiger partial charge is 0.253 e. The number of hydrogen-bond acceptors (Lipinski definition) is 5. The first-order chi connectivity index (χ1) is 12.6. The SMILES string of the molecule is CC/C(=N\NC(=O)C(C)Sc1ccccc1)c1ccc(OC)c(OC)c1. The summed E-state index contributed by atoms with van der Waals surface area (Å²) >= 11 is 1.50. The van der Waals surface area contributed by atoms with Gasteiger partial charge >= 0.3 is 0 Å². The first-order valence-electron chi connectivity index (χ1n) is 8.39. The van der Waals surface area contributed by atoms with Gasteiger partial charge in [0.1, 0.15) is 0 Å². The Labute approximate surface area is 158 Å². The molecule has 0 heterocycles. The molecule has 2 aromatic rings. The minimum atomic E-state index is -0.246. The highest BCUT2D eigenvalue weighted by molar-refractivity contribution is 8.00. The first-order valence-corrected chi connectivity index (χ1v) is 9.27. The van der Waals surface area contributed by atoms with Crippen LogP contribution >= 0.6 is 11.8 Å². The van der Waals surface area contributed by atoms with Crippen LogP contribution in [0.15, 0.2) is 58.5 Å². The second-order valence-corrected chi connectivity index (χ2v) is 6.95. The Morgan fingerprint density at radius 3 is 2.42 bits per heavy atom. The lowest BCUT2D eigenvalue weighted by molar-refractivity contribution is -0.120. The zero-order valence-electron chi connectivity index (χ0n) is 15.5. The van der Waals surface area contributed by atoms with E-state index in [1.165, 1.54) is 11.8 Å². The number of methoxy groups -OCH3 is 2. The molecule has 1 amide bonds. The van der Waals surface area contributed by atoms with Crippen LogP contribution in [0.1, 0.15) is 25.8 Å². The number of nitrogens with one attached hydrogen (secondary N) is 1. The van der Waals surface area contributed by atoms with E-state index in [-0.39, 0.29) is 11.2 Å². The highest BCUT2D eigenvalue weighted by Gasteiger charge is 2.14. The molecule has 0 aliphatic carbocycles. The number of hydrogen-bond donors (Lipinski definition) is 1. The summed E-state index contributed by atoms with van der Waals surface area (Å²) in [6, 6.07) is 15.4. The zero-order valence-corrected chi connectivity index (χ0v) is 16.3. The average molecular weight is 372 g/mol. The van der Waals surface area contributed by atoms with E-state index in [2.05, 4.69) is 10.5 Å². The third-order valence-corrected chi connectivity index (χ3v) is 4.89. The van der Waals surface area contributed by atoms with Crippen LogP contribution in [-0.4, -0.2) is 31.1 Å². The summed E-state index contributed by atoms with van der Waals surface area (Å²) in [4.78, 5) is 13.4. The fourth-order valence-electron chi connectivity index (χ4n) is 2.33. The van der Waals surface area contributed by atoms with Crippen LogP contribution in [0.4, 0.5) is 0 Å². The van der Waals surface area contributed by atoms with Crippen molar-refractivity contribution in [3.8, 4) is 11.5 Å². The summed E-state index contributed by atoms with van der Waals surface area (Å²) in [6.07, 6.45) is 0.677. The molecule has 26 heavy (non-hydrogen) atoms. The molecule has 1 unspecified atom stereocenters. The lowest BCUT2D eigenvalue weighted by Gasteiger charge is -2.12. The lowest BCUT2D eigenvalue weighted by atomic mass is 10.1. The quantitative estimate of drug-likeness (QED) is 0.430. The maximum atomic E-state index is 12.3. The van der Waals surface area contributed by atoms with Crippen molar-refractivity contribution in [1.82, 2.24) is 5.43 Å². The van der Waals surface area contributed by atoms with Gasteiger partial charge in [0.25, 0.3) is 5.91 Å². The van der Waals surface area contributed by atoms with E-state index in [0.717, 1.165) is 16.2 Å². The normalized spacial score (nSPS) is 12.4. The molecule has 2 rings (SSSR count). The minimum Gasteiger partial charge on any atom is -0.493 e. The number of carbonyl (C=O) groups is 1. The molecule has 5 nitrogen and oxygen atoms in total. The molecule has 0 aromatic heterocycles. The number of carbonyl (C=O) groups excluding carboxylic acids is 1. The van der Waals surface area contributed by atoms with Gasteiger partial charge in [-0.05, 0) is 43.7 Å². The van der Waals surface area contributed by atoms with Crippen molar-refractivity contribution in [2.45, 2.75) is 30.4 Å². The van der Waals surface area contributed by atoms with Crippen LogP contribution in [0.3, 0.4) is 0 Å². The molecule has 0 radical (unpaired) electrons. The number of ether oxygens (including phenoxy) is 2. The van der Waals surface area contributed by atoms with Crippen LogP contribution in [0.5, 0.6) is 11.5 Å². The summed E-state index contributed by atoms with van der Waals surface area (Å²) in [5.41, 5.74) is 4.33. The van der Waals surface area contributed by atoms with Gasteiger partial charge in [0.05, 0.1) is 25.2 Å². The second-order valence-electron chi connectivity index (χ2n) is 5.53. The largest absolute Gasteiger partial charge is 0.493 e.